The number of amides is 1. The molecule has 1 amide bonds. The van der Waals surface area contributed by atoms with Gasteiger partial charge in [0.15, 0.2) is 5.78 Å². The molecule has 1 N–H and O–H groups in total. The molecular weight excluding hydrogens is 340 g/mol. The van der Waals surface area contributed by atoms with Gasteiger partial charge in [-0.15, -0.1) is 0 Å². The fraction of sp³-hybridized carbons (Fsp3) is 0.190. The summed E-state index contributed by atoms with van der Waals surface area (Å²) in [6.07, 6.45) is 5.70. The predicted octanol–water partition coefficient (Wildman–Crippen LogP) is 3.95. The van der Waals surface area contributed by atoms with Crippen LogP contribution in [-0.4, -0.2) is 26.6 Å². The number of aryl methyl sites for hydroxylation is 1. The molecule has 1 aromatic carbocycles. The Morgan fingerprint density at radius 3 is 2.59 bits per heavy atom. The zero-order valence-corrected chi connectivity index (χ0v) is 15.3. The van der Waals surface area contributed by atoms with Gasteiger partial charge < -0.3 is 5.32 Å². The standard InChI is InChI=1S/C21H20N4O2/c1-3-14-6-5-7-15(10-14)16-11-17(20(23-12-16)18(26)4-2)21(27)25-19-8-9-22-13-24-19/h5-13H,3-4H2,1-2H3,(H,22,24,25,27). The molecule has 0 unspecified atom stereocenters. The van der Waals surface area contributed by atoms with E-state index in [9.17, 15) is 9.59 Å². The third kappa shape index (κ3) is 4.23. The number of carbonyl (C=O) groups is 2. The maximum absolute atomic E-state index is 12.8. The minimum absolute atomic E-state index is 0.166. The number of nitrogens with zero attached hydrogens (tertiary/aromatic N) is 3. The lowest BCUT2D eigenvalue weighted by molar-refractivity contribution is 0.0964. The van der Waals surface area contributed by atoms with E-state index in [-0.39, 0.29) is 23.5 Å². The van der Waals surface area contributed by atoms with Crippen LogP contribution in [0.1, 0.15) is 46.7 Å². The van der Waals surface area contributed by atoms with Crippen LogP contribution in [0.25, 0.3) is 11.1 Å². The molecule has 0 radical (unpaired) electrons. The SMILES string of the molecule is CCC(=O)c1ncc(-c2cccc(CC)c2)cc1C(=O)Nc1ccncn1. The molecule has 27 heavy (non-hydrogen) atoms. The minimum atomic E-state index is -0.425. The van der Waals surface area contributed by atoms with Crippen molar-refractivity contribution < 1.29 is 9.59 Å². The van der Waals surface area contributed by atoms with Gasteiger partial charge >= 0.3 is 0 Å². The van der Waals surface area contributed by atoms with Crippen LogP contribution in [0.2, 0.25) is 0 Å². The van der Waals surface area contributed by atoms with Crippen molar-refractivity contribution in [2.75, 3.05) is 5.32 Å². The fourth-order valence-electron chi connectivity index (χ4n) is 2.70. The molecule has 0 saturated carbocycles. The second-order valence-corrected chi connectivity index (χ2v) is 6.00. The second-order valence-electron chi connectivity index (χ2n) is 6.00. The van der Waals surface area contributed by atoms with Gasteiger partial charge in [-0.1, -0.05) is 38.1 Å². The van der Waals surface area contributed by atoms with Crippen LogP contribution >= 0.6 is 0 Å². The van der Waals surface area contributed by atoms with Gasteiger partial charge in [-0.05, 0) is 29.7 Å². The lowest BCUT2D eigenvalue weighted by Crippen LogP contribution is -2.18. The molecule has 2 heterocycles. The van der Waals surface area contributed by atoms with E-state index in [1.165, 1.54) is 18.1 Å². The number of hydrogen-bond acceptors (Lipinski definition) is 5. The summed E-state index contributed by atoms with van der Waals surface area (Å²) >= 11 is 0. The third-order valence-corrected chi connectivity index (χ3v) is 4.21. The van der Waals surface area contributed by atoms with Gasteiger partial charge in [0, 0.05) is 24.4 Å². The molecular formula is C21H20N4O2. The maximum Gasteiger partial charge on any atom is 0.259 e. The Hall–Kier alpha value is -3.41. The molecule has 136 valence electrons. The maximum atomic E-state index is 12.8. The van der Waals surface area contributed by atoms with E-state index in [1.807, 2.05) is 12.1 Å². The van der Waals surface area contributed by atoms with Gasteiger partial charge in [-0.25, -0.2) is 9.97 Å². The molecule has 0 spiro atoms. The Balaban J connectivity index is 2.03. The first-order chi connectivity index (χ1) is 13.1. The highest BCUT2D eigenvalue weighted by Crippen LogP contribution is 2.23. The van der Waals surface area contributed by atoms with E-state index in [0.717, 1.165) is 17.5 Å². The number of aromatic nitrogens is 3. The predicted molar refractivity (Wildman–Crippen MR) is 104 cm³/mol. The number of Topliss-reactive ketones (excluding diaryl/α,β-unsaturated/α-hetero) is 1. The van der Waals surface area contributed by atoms with E-state index in [4.69, 9.17) is 0 Å². The minimum Gasteiger partial charge on any atom is -0.306 e. The van der Waals surface area contributed by atoms with Gasteiger partial charge in [-0.3, -0.25) is 14.6 Å². The van der Waals surface area contributed by atoms with E-state index >= 15 is 0 Å². The van der Waals surface area contributed by atoms with Crippen molar-refractivity contribution in [2.45, 2.75) is 26.7 Å². The van der Waals surface area contributed by atoms with Gasteiger partial charge in [-0.2, -0.15) is 0 Å². The zero-order chi connectivity index (χ0) is 19.2. The number of anilines is 1. The summed E-state index contributed by atoms with van der Waals surface area (Å²) in [4.78, 5) is 37.2. The van der Waals surface area contributed by atoms with Gasteiger partial charge in [0.05, 0.1) is 5.56 Å². The van der Waals surface area contributed by atoms with Crippen molar-refractivity contribution >= 4 is 17.5 Å². The Morgan fingerprint density at radius 1 is 1.04 bits per heavy atom. The molecule has 6 nitrogen and oxygen atoms in total. The van der Waals surface area contributed by atoms with Crippen LogP contribution in [0.4, 0.5) is 5.82 Å². The summed E-state index contributed by atoms with van der Waals surface area (Å²) in [7, 11) is 0. The molecule has 6 heteroatoms. The van der Waals surface area contributed by atoms with Crippen molar-refractivity contribution in [1.29, 1.82) is 0 Å². The number of ketones is 1. The molecule has 0 aliphatic rings. The zero-order valence-electron chi connectivity index (χ0n) is 15.3. The molecule has 0 saturated heterocycles. The first-order valence-corrected chi connectivity index (χ1v) is 8.82. The Bertz CT molecular complexity index is 971. The van der Waals surface area contributed by atoms with E-state index in [0.29, 0.717) is 5.82 Å². The summed E-state index contributed by atoms with van der Waals surface area (Å²) in [5, 5.41) is 2.70. The van der Waals surface area contributed by atoms with Gasteiger partial charge in [0.25, 0.3) is 5.91 Å². The molecule has 0 fully saturated rings. The molecule has 0 aliphatic heterocycles. The summed E-state index contributed by atoms with van der Waals surface area (Å²) < 4.78 is 0. The number of pyridine rings is 1. The van der Waals surface area contributed by atoms with Crippen molar-refractivity contribution in [3.63, 3.8) is 0 Å². The summed E-state index contributed by atoms with van der Waals surface area (Å²) in [5.74, 6) is -0.244. The number of benzene rings is 1. The molecule has 0 aliphatic carbocycles. The van der Waals surface area contributed by atoms with Crippen LogP contribution in [-0.2, 0) is 6.42 Å². The van der Waals surface area contributed by atoms with Crippen LogP contribution < -0.4 is 5.32 Å². The first-order valence-electron chi connectivity index (χ1n) is 8.82. The smallest absolute Gasteiger partial charge is 0.259 e. The highest BCUT2D eigenvalue weighted by atomic mass is 16.2. The van der Waals surface area contributed by atoms with Crippen LogP contribution in [0.3, 0.4) is 0 Å². The van der Waals surface area contributed by atoms with Crippen LogP contribution in [0.5, 0.6) is 0 Å². The quantitative estimate of drug-likeness (QED) is 0.673. The average Bonchev–Trinajstić information content (AvgIpc) is 2.73. The highest BCUT2D eigenvalue weighted by molar-refractivity contribution is 6.12. The molecule has 3 rings (SSSR count). The number of carbonyl (C=O) groups excluding carboxylic acids is 2. The van der Waals surface area contributed by atoms with Crippen molar-refractivity contribution in [3.05, 3.63) is 71.9 Å². The first kappa shape index (κ1) is 18.4. The Morgan fingerprint density at radius 2 is 1.89 bits per heavy atom. The lowest BCUT2D eigenvalue weighted by Gasteiger charge is -2.11. The number of nitrogens with one attached hydrogen (secondary N) is 1. The molecule has 3 aromatic rings. The van der Waals surface area contributed by atoms with E-state index in [1.54, 1.807) is 25.3 Å². The van der Waals surface area contributed by atoms with Crippen molar-refractivity contribution in [3.8, 4) is 11.1 Å². The molecule has 0 atom stereocenters. The van der Waals surface area contributed by atoms with Gasteiger partial charge in [0.2, 0.25) is 0 Å². The largest absolute Gasteiger partial charge is 0.306 e. The highest BCUT2D eigenvalue weighted by Gasteiger charge is 2.19. The number of hydrogen-bond donors (Lipinski definition) is 1. The van der Waals surface area contributed by atoms with Crippen LogP contribution in [0, 0.1) is 0 Å². The summed E-state index contributed by atoms with van der Waals surface area (Å²) in [6.45, 7) is 3.83. The fourth-order valence-corrected chi connectivity index (χ4v) is 2.70. The summed E-state index contributed by atoms with van der Waals surface area (Å²) in [6, 6.07) is 11.3. The Kier molecular flexibility index (Phi) is 5.66. The Labute approximate surface area is 157 Å². The number of rotatable bonds is 6. The van der Waals surface area contributed by atoms with Gasteiger partial charge in [0.1, 0.15) is 17.8 Å². The topological polar surface area (TPSA) is 84.8 Å². The third-order valence-electron chi connectivity index (χ3n) is 4.21. The monoisotopic (exact) mass is 360 g/mol. The van der Waals surface area contributed by atoms with Crippen LogP contribution in [0.15, 0.2) is 55.1 Å². The van der Waals surface area contributed by atoms with E-state index in [2.05, 4.69) is 39.3 Å². The lowest BCUT2D eigenvalue weighted by atomic mass is 9.99. The second kappa shape index (κ2) is 8.31. The molecule has 2 aromatic heterocycles. The summed E-state index contributed by atoms with van der Waals surface area (Å²) in [5.41, 5.74) is 3.33. The average molecular weight is 360 g/mol. The van der Waals surface area contributed by atoms with E-state index < -0.39 is 5.91 Å². The van der Waals surface area contributed by atoms with Crippen molar-refractivity contribution in [2.24, 2.45) is 0 Å². The molecule has 0 bridgehead atoms. The normalized spacial score (nSPS) is 10.4. The van der Waals surface area contributed by atoms with Crippen molar-refractivity contribution in [1.82, 2.24) is 15.0 Å².